The summed E-state index contributed by atoms with van der Waals surface area (Å²) in [5.41, 5.74) is 1.96. The first kappa shape index (κ1) is 17.8. The van der Waals surface area contributed by atoms with Crippen LogP contribution in [0, 0.1) is 0 Å². The molecule has 136 valence electrons. The molecule has 0 saturated carbocycles. The van der Waals surface area contributed by atoms with E-state index in [1.165, 1.54) is 11.8 Å². The third-order valence-electron chi connectivity index (χ3n) is 4.31. The Labute approximate surface area is 161 Å². The van der Waals surface area contributed by atoms with E-state index in [-0.39, 0.29) is 11.3 Å². The average Bonchev–Trinajstić information content (AvgIpc) is 3.07. The fraction of sp³-hybridized carbons (Fsp3) is 0.316. The summed E-state index contributed by atoms with van der Waals surface area (Å²) in [4.78, 5) is 4.63. The molecule has 0 bridgehead atoms. The van der Waals surface area contributed by atoms with Crippen LogP contribution < -0.4 is 5.32 Å². The van der Waals surface area contributed by atoms with E-state index in [1.807, 2.05) is 54.6 Å². The topological polar surface area (TPSA) is 63.1 Å². The van der Waals surface area contributed by atoms with E-state index < -0.39 is 12.4 Å². The number of hydrogen-bond acceptors (Lipinski definition) is 6. The normalized spacial score (nSPS) is 27.7. The van der Waals surface area contributed by atoms with Gasteiger partial charge in [0.2, 0.25) is 0 Å². The molecule has 1 fully saturated rings. The van der Waals surface area contributed by atoms with Gasteiger partial charge in [0.05, 0.1) is 24.5 Å². The van der Waals surface area contributed by atoms with Crippen LogP contribution in [0.3, 0.4) is 0 Å². The first-order chi connectivity index (χ1) is 12.7. The van der Waals surface area contributed by atoms with Gasteiger partial charge >= 0.3 is 0 Å². The van der Waals surface area contributed by atoms with Crippen molar-refractivity contribution in [2.75, 3.05) is 11.9 Å². The number of rotatable bonds is 4. The van der Waals surface area contributed by atoms with Crippen LogP contribution in [-0.2, 0) is 16.1 Å². The number of benzene rings is 2. The maximum Gasteiger partial charge on any atom is 0.185 e. The molecule has 1 saturated heterocycles. The van der Waals surface area contributed by atoms with Crippen molar-refractivity contribution in [3.63, 3.8) is 0 Å². The van der Waals surface area contributed by atoms with Gasteiger partial charge in [-0.25, -0.2) is 0 Å². The van der Waals surface area contributed by atoms with Crippen molar-refractivity contribution in [2.45, 2.75) is 30.3 Å². The second-order valence-electron chi connectivity index (χ2n) is 6.20. The van der Waals surface area contributed by atoms with Gasteiger partial charge in [-0.15, -0.1) is 0 Å². The highest BCUT2D eigenvalue weighted by atomic mass is 35.5. The average molecular weight is 391 g/mol. The molecular weight excluding hydrogens is 372 g/mol. The molecule has 5 nitrogen and oxygen atoms in total. The van der Waals surface area contributed by atoms with Crippen molar-refractivity contribution in [2.24, 2.45) is 4.99 Å². The largest absolute Gasteiger partial charge is 0.387 e. The van der Waals surface area contributed by atoms with Crippen molar-refractivity contribution >= 4 is 34.2 Å². The number of anilines is 1. The Hall–Kier alpha value is -1.57. The Morgan fingerprint density at radius 3 is 2.73 bits per heavy atom. The lowest BCUT2D eigenvalue weighted by atomic mass is 10.1. The fourth-order valence-electron chi connectivity index (χ4n) is 2.96. The molecule has 4 atom stereocenters. The summed E-state index contributed by atoms with van der Waals surface area (Å²) in [5, 5.41) is 15.3. The van der Waals surface area contributed by atoms with E-state index >= 15 is 0 Å². The monoisotopic (exact) mass is 390 g/mol. The number of nitrogens with zero attached hydrogens (tertiary/aromatic N) is 1. The highest BCUT2D eigenvalue weighted by Crippen LogP contribution is 2.35. The molecule has 0 amide bonds. The lowest BCUT2D eigenvalue weighted by Crippen LogP contribution is -2.50. The minimum Gasteiger partial charge on any atom is -0.387 e. The van der Waals surface area contributed by atoms with Gasteiger partial charge < -0.3 is 19.9 Å². The van der Waals surface area contributed by atoms with Crippen LogP contribution >= 0.6 is 23.4 Å². The predicted molar refractivity (Wildman–Crippen MR) is 105 cm³/mol. The summed E-state index contributed by atoms with van der Waals surface area (Å²) in [6, 6.07) is 17.2. The van der Waals surface area contributed by atoms with Gasteiger partial charge in [0.15, 0.2) is 11.5 Å². The second-order valence-corrected chi connectivity index (χ2v) is 7.81. The number of aliphatic hydroxyl groups is 1. The number of ether oxygens (including phenoxy) is 2. The van der Waals surface area contributed by atoms with Crippen molar-refractivity contribution in [3.05, 3.63) is 65.2 Å². The fourth-order valence-corrected chi connectivity index (χ4v) is 4.28. The van der Waals surface area contributed by atoms with Gasteiger partial charge in [-0.05, 0) is 29.8 Å². The number of aliphatic imine (C=N–C) groups is 1. The van der Waals surface area contributed by atoms with E-state index in [2.05, 4.69) is 10.3 Å². The maximum atomic E-state index is 10.6. The lowest BCUT2D eigenvalue weighted by molar-refractivity contribution is -0.220. The zero-order valence-corrected chi connectivity index (χ0v) is 15.5. The highest BCUT2D eigenvalue weighted by molar-refractivity contribution is 8.15. The summed E-state index contributed by atoms with van der Waals surface area (Å²) in [6.45, 7) is 0.835. The van der Waals surface area contributed by atoms with Crippen LogP contribution in [0.15, 0.2) is 59.6 Å². The molecular formula is C19H19ClN2O3S. The molecule has 0 aliphatic carbocycles. The summed E-state index contributed by atoms with van der Waals surface area (Å²) < 4.78 is 11.5. The van der Waals surface area contributed by atoms with Crippen LogP contribution in [0.25, 0.3) is 0 Å². The number of nitrogens with one attached hydrogen (secondary N) is 1. The predicted octanol–water partition coefficient (Wildman–Crippen LogP) is 3.53. The van der Waals surface area contributed by atoms with E-state index in [1.54, 1.807) is 0 Å². The van der Waals surface area contributed by atoms with E-state index in [4.69, 9.17) is 21.1 Å². The smallest absolute Gasteiger partial charge is 0.185 e. The molecule has 0 spiro atoms. The lowest BCUT2D eigenvalue weighted by Gasteiger charge is -2.34. The third kappa shape index (κ3) is 4.05. The Morgan fingerprint density at radius 2 is 1.96 bits per heavy atom. The molecule has 0 unspecified atom stereocenters. The van der Waals surface area contributed by atoms with Gasteiger partial charge in [0.25, 0.3) is 0 Å². The first-order valence-corrected chi connectivity index (χ1v) is 9.67. The van der Waals surface area contributed by atoms with E-state index in [9.17, 15) is 5.11 Å². The minimum absolute atomic E-state index is 0.0821. The van der Waals surface area contributed by atoms with E-state index in [0.29, 0.717) is 18.2 Å². The SMILES string of the molecule is O[C@H]1[C@@H](OCc2ccccc2)OC[C@@H]2N=C(Nc3ccc(Cl)cc3)S[C@H]12. The van der Waals surface area contributed by atoms with Gasteiger partial charge in [-0.2, -0.15) is 0 Å². The highest BCUT2D eigenvalue weighted by Gasteiger charge is 2.44. The number of hydrogen-bond donors (Lipinski definition) is 2. The van der Waals surface area contributed by atoms with Crippen molar-refractivity contribution in [3.8, 4) is 0 Å². The number of halogens is 1. The molecule has 2 N–H and O–H groups in total. The zero-order valence-electron chi connectivity index (χ0n) is 13.9. The third-order valence-corrected chi connectivity index (χ3v) is 5.86. The van der Waals surface area contributed by atoms with Crippen LogP contribution in [0.2, 0.25) is 5.02 Å². The first-order valence-electron chi connectivity index (χ1n) is 8.41. The Bertz CT molecular complexity index is 772. The molecule has 26 heavy (non-hydrogen) atoms. The standard InChI is InChI=1S/C19H19ClN2O3S/c20-13-6-8-14(9-7-13)21-19-22-15-11-25-18(16(23)17(15)26-19)24-10-12-4-2-1-3-5-12/h1-9,15-18,23H,10-11H2,(H,21,22)/t15-,16+,17-,18-/m0/s1. The zero-order chi connectivity index (χ0) is 17.9. The van der Waals surface area contributed by atoms with Crippen molar-refractivity contribution in [1.29, 1.82) is 0 Å². The quantitative estimate of drug-likeness (QED) is 0.836. The Kier molecular flexibility index (Phi) is 5.47. The van der Waals surface area contributed by atoms with Crippen LogP contribution in [0.4, 0.5) is 5.69 Å². The molecule has 2 aliphatic rings. The second kappa shape index (κ2) is 7.98. The molecule has 0 radical (unpaired) electrons. The van der Waals surface area contributed by atoms with Gasteiger partial charge in [0.1, 0.15) is 6.10 Å². The van der Waals surface area contributed by atoms with Gasteiger partial charge in [0, 0.05) is 10.7 Å². The Balaban J connectivity index is 1.34. The van der Waals surface area contributed by atoms with Gasteiger partial charge in [-0.1, -0.05) is 53.7 Å². The van der Waals surface area contributed by atoms with Gasteiger partial charge in [-0.3, -0.25) is 4.99 Å². The minimum atomic E-state index is -0.740. The van der Waals surface area contributed by atoms with Crippen LogP contribution in [0.5, 0.6) is 0 Å². The van der Waals surface area contributed by atoms with Crippen LogP contribution in [-0.4, -0.2) is 40.6 Å². The van der Waals surface area contributed by atoms with Crippen molar-refractivity contribution in [1.82, 2.24) is 0 Å². The molecule has 0 aromatic heterocycles. The Morgan fingerprint density at radius 1 is 1.19 bits per heavy atom. The molecule has 2 aromatic rings. The van der Waals surface area contributed by atoms with Crippen LogP contribution in [0.1, 0.15) is 5.56 Å². The molecule has 7 heteroatoms. The molecule has 4 rings (SSSR count). The molecule has 2 aliphatic heterocycles. The summed E-state index contributed by atoms with van der Waals surface area (Å²) in [5.74, 6) is 0. The summed E-state index contributed by atoms with van der Waals surface area (Å²) in [7, 11) is 0. The number of aliphatic hydroxyl groups excluding tert-OH is 1. The number of thioether (sulfide) groups is 1. The number of fused-ring (bicyclic) bond motifs is 1. The molecule has 2 heterocycles. The maximum absolute atomic E-state index is 10.6. The summed E-state index contributed by atoms with van der Waals surface area (Å²) >= 11 is 7.43. The van der Waals surface area contributed by atoms with Crippen molar-refractivity contribution < 1.29 is 14.6 Å². The van der Waals surface area contributed by atoms with E-state index in [0.717, 1.165) is 16.4 Å². The summed E-state index contributed by atoms with van der Waals surface area (Å²) in [6.07, 6.45) is -1.38. The molecule has 2 aromatic carbocycles. The number of amidine groups is 1.